The van der Waals surface area contributed by atoms with Crippen molar-refractivity contribution >= 4 is 6.08 Å². The van der Waals surface area contributed by atoms with Crippen molar-refractivity contribution in [1.29, 1.82) is 5.26 Å². The molecule has 1 N–H and O–H groups in total. The van der Waals surface area contributed by atoms with E-state index in [1.165, 1.54) is 0 Å². The molecule has 0 bridgehead atoms. The topological polar surface area (TPSA) is 45.0 Å². The molecule has 1 aromatic rings. The Morgan fingerprint density at radius 2 is 2.20 bits per heavy atom. The fourth-order valence-corrected chi connectivity index (χ4v) is 1.04. The van der Waals surface area contributed by atoms with Crippen molar-refractivity contribution in [2.45, 2.75) is 6.92 Å². The molecule has 1 aromatic carbocycles. The van der Waals surface area contributed by atoms with E-state index in [2.05, 4.69) is 5.32 Å². The number of hydrogen-bond donors (Lipinski definition) is 1. The van der Waals surface area contributed by atoms with Crippen LogP contribution in [0.5, 0.6) is 0 Å². The molecular weight excluding hydrogens is 188 g/mol. The Labute approximate surface area is 90.0 Å². The number of hydrogen-bond acceptors (Lipinski definition) is 3. The highest BCUT2D eigenvalue weighted by Crippen LogP contribution is 2.06. The van der Waals surface area contributed by atoms with Crippen LogP contribution >= 0.6 is 0 Å². The maximum Gasteiger partial charge on any atom is 0.199 e. The first kappa shape index (κ1) is 11.3. The first-order valence-electron chi connectivity index (χ1n) is 4.87. The summed E-state index contributed by atoms with van der Waals surface area (Å²) in [6.07, 6.45) is 1.72. The molecule has 3 heteroatoms. The van der Waals surface area contributed by atoms with Crippen LogP contribution in [0.2, 0.25) is 0 Å². The fourth-order valence-electron chi connectivity index (χ4n) is 1.04. The van der Waals surface area contributed by atoms with Crippen LogP contribution in [-0.4, -0.2) is 13.3 Å². The van der Waals surface area contributed by atoms with Gasteiger partial charge in [-0.3, -0.25) is 5.32 Å². The van der Waals surface area contributed by atoms with Gasteiger partial charge in [0.1, 0.15) is 12.8 Å². The Morgan fingerprint density at radius 3 is 2.80 bits per heavy atom. The van der Waals surface area contributed by atoms with Crippen LogP contribution in [0.15, 0.2) is 36.1 Å². The average molecular weight is 202 g/mol. The van der Waals surface area contributed by atoms with E-state index in [9.17, 15) is 0 Å². The molecule has 0 unspecified atom stereocenters. The van der Waals surface area contributed by atoms with Gasteiger partial charge in [-0.15, -0.1) is 0 Å². The van der Waals surface area contributed by atoms with Gasteiger partial charge < -0.3 is 4.74 Å². The minimum atomic E-state index is 0.321. The van der Waals surface area contributed by atoms with Gasteiger partial charge in [0.05, 0.1) is 0 Å². The van der Waals surface area contributed by atoms with Gasteiger partial charge in [0.15, 0.2) is 5.76 Å². The molecule has 0 aliphatic rings. The van der Waals surface area contributed by atoms with Crippen molar-refractivity contribution in [1.82, 2.24) is 5.32 Å². The highest BCUT2D eigenvalue weighted by Gasteiger charge is 1.95. The zero-order valence-corrected chi connectivity index (χ0v) is 8.73. The number of nitriles is 1. The van der Waals surface area contributed by atoms with E-state index in [1.807, 2.05) is 43.3 Å². The summed E-state index contributed by atoms with van der Waals surface area (Å²) < 4.78 is 5.22. The van der Waals surface area contributed by atoms with Crippen LogP contribution in [0.1, 0.15) is 12.5 Å². The van der Waals surface area contributed by atoms with Crippen LogP contribution in [-0.2, 0) is 4.74 Å². The third kappa shape index (κ3) is 4.30. The van der Waals surface area contributed by atoms with Crippen LogP contribution in [0.3, 0.4) is 0 Å². The number of allylic oxidation sites excluding steroid dienone is 1. The van der Waals surface area contributed by atoms with Crippen LogP contribution in [0.4, 0.5) is 0 Å². The summed E-state index contributed by atoms with van der Waals surface area (Å²) in [6, 6.07) is 11.6. The lowest BCUT2D eigenvalue weighted by atomic mass is 10.2. The molecule has 15 heavy (non-hydrogen) atoms. The Morgan fingerprint density at radius 1 is 1.47 bits per heavy atom. The zero-order chi connectivity index (χ0) is 10.9. The number of rotatable bonds is 5. The molecule has 0 fully saturated rings. The Kier molecular flexibility index (Phi) is 4.99. The molecule has 0 spiro atoms. The summed E-state index contributed by atoms with van der Waals surface area (Å²) in [4.78, 5) is 0. The van der Waals surface area contributed by atoms with E-state index in [4.69, 9.17) is 10.00 Å². The van der Waals surface area contributed by atoms with Gasteiger partial charge in [-0.25, -0.2) is 0 Å². The Bertz CT molecular complexity index is 352. The highest BCUT2D eigenvalue weighted by molar-refractivity contribution is 5.54. The predicted octanol–water partition coefficient (Wildman–Crippen LogP) is 2.13. The Balaban J connectivity index is 2.59. The maximum absolute atomic E-state index is 8.82. The van der Waals surface area contributed by atoms with Crippen LogP contribution in [0, 0.1) is 11.3 Å². The number of ether oxygens (including phenoxy) is 1. The first-order chi connectivity index (χ1) is 7.36. The van der Waals surface area contributed by atoms with Crippen molar-refractivity contribution in [3.8, 4) is 6.07 Å². The molecule has 0 saturated carbocycles. The van der Waals surface area contributed by atoms with E-state index in [0.717, 1.165) is 12.1 Å². The predicted molar refractivity (Wildman–Crippen MR) is 59.7 cm³/mol. The number of nitrogens with zero attached hydrogens (tertiary/aromatic N) is 1. The minimum absolute atomic E-state index is 0.321. The molecule has 1 rings (SSSR count). The zero-order valence-electron chi connectivity index (χ0n) is 8.73. The molecule has 0 heterocycles. The van der Waals surface area contributed by atoms with Gasteiger partial charge in [-0.2, -0.15) is 5.26 Å². The second kappa shape index (κ2) is 6.63. The summed E-state index contributed by atoms with van der Waals surface area (Å²) in [5, 5.41) is 11.8. The largest absolute Gasteiger partial charge is 0.468 e. The van der Waals surface area contributed by atoms with Crippen molar-refractivity contribution in [3.63, 3.8) is 0 Å². The lowest BCUT2D eigenvalue weighted by molar-refractivity contribution is 0.206. The first-order valence-corrected chi connectivity index (χ1v) is 4.87. The molecule has 0 aromatic heterocycles. The molecule has 0 radical (unpaired) electrons. The van der Waals surface area contributed by atoms with E-state index in [-0.39, 0.29) is 0 Å². The number of nitrogens with one attached hydrogen (secondary N) is 1. The van der Waals surface area contributed by atoms with E-state index in [1.54, 1.807) is 6.08 Å². The van der Waals surface area contributed by atoms with E-state index in [0.29, 0.717) is 12.5 Å². The molecule has 0 aliphatic heterocycles. The maximum atomic E-state index is 8.82. The summed E-state index contributed by atoms with van der Waals surface area (Å²) in [7, 11) is 0. The van der Waals surface area contributed by atoms with Crippen molar-refractivity contribution in [2.75, 3.05) is 13.3 Å². The molecular formula is C12H14N2O. The normalized spacial score (nSPS) is 10.8. The van der Waals surface area contributed by atoms with Gasteiger partial charge in [0, 0.05) is 0 Å². The van der Waals surface area contributed by atoms with Crippen LogP contribution < -0.4 is 5.32 Å². The van der Waals surface area contributed by atoms with Gasteiger partial charge in [-0.05, 0) is 18.2 Å². The Hall–Kier alpha value is -1.79. The smallest absolute Gasteiger partial charge is 0.199 e. The van der Waals surface area contributed by atoms with Crippen molar-refractivity contribution in [2.24, 2.45) is 0 Å². The van der Waals surface area contributed by atoms with Gasteiger partial charge in [-0.1, -0.05) is 37.3 Å². The minimum Gasteiger partial charge on any atom is -0.468 e. The second-order valence-electron chi connectivity index (χ2n) is 2.92. The molecule has 78 valence electrons. The summed E-state index contributed by atoms with van der Waals surface area (Å²) in [5.74, 6) is 0.321. The fraction of sp³-hybridized carbons (Fsp3) is 0.250. The van der Waals surface area contributed by atoms with Crippen LogP contribution in [0.25, 0.3) is 6.08 Å². The monoisotopic (exact) mass is 202 g/mol. The highest BCUT2D eigenvalue weighted by atomic mass is 16.5. The quantitative estimate of drug-likeness (QED) is 0.344. The molecule has 0 saturated heterocycles. The van der Waals surface area contributed by atoms with Crippen molar-refractivity contribution < 1.29 is 4.74 Å². The summed E-state index contributed by atoms with van der Waals surface area (Å²) in [5.41, 5.74) is 0.963. The number of benzene rings is 1. The molecule has 0 amide bonds. The lowest BCUT2D eigenvalue weighted by Gasteiger charge is -2.03. The van der Waals surface area contributed by atoms with Gasteiger partial charge >= 0.3 is 0 Å². The summed E-state index contributed by atoms with van der Waals surface area (Å²) >= 11 is 0. The average Bonchev–Trinajstić information content (AvgIpc) is 2.29. The third-order valence-electron chi connectivity index (χ3n) is 1.79. The van der Waals surface area contributed by atoms with E-state index < -0.39 is 0 Å². The molecule has 0 atom stereocenters. The SMILES string of the molecule is CCNCOC(C#N)=Cc1ccccc1. The van der Waals surface area contributed by atoms with Crippen molar-refractivity contribution in [3.05, 3.63) is 41.7 Å². The third-order valence-corrected chi connectivity index (χ3v) is 1.79. The standard InChI is InChI=1S/C12H14N2O/c1-2-14-10-15-12(9-13)8-11-6-4-3-5-7-11/h3-8,14H,2,10H2,1H3. The second-order valence-corrected chi connectivity index (χ2v) is 2.92. The molecule has 3 nitrogen and oxygen atoms in total. The van der Waals surface area contributed by atoms with Gasteiger partial charge in [0.2, 0.25) is 0 Å². The summed E-state index contributed by atoms with van der Waals surface area (Å²) in [6.45, 7) is 3.17. The molecule has 0 aliphatic carbocycles. The van der Waals surface area contributed by atoms with E-state index >= 15 is 0 Å². The lowest BCUT2D eigenvalue weighted by Crippen LogP contribution is -2.16. The van der Waals surface area contributed by atoms with Gasteiger partial charge in [0.25, 0.3) is 0 Å².